The average molecular weight is 412 g/mol. The third kappa shape index (κ3) is 3.50. The SMILES string of the molecule is CC(C)(C)c1cc(-c2ccc3cccc(Br)c3n2)c(O)c(C(C)(C)C)c1. The Labute approximate surface area is 164 Å². The molecule has 0 aliphatic heterocycles. The van der Waals surface area contributed by atoms with Crippen LogP contribution in [0.15, 0.2) is 46.9 Å². The number of halogens is 1. The van der Waals surface area contributed by atoms with Crippen molar-refractivity contribution in [1.29, 1.82) is 0 Å². The van der Waals surface area contributed by atoms with Gasteiger partial charge in [0.05, 0.1) is 11.2 Å². The highest BCUT2D eigenvalue weighted by molar-refractivity contribution is 9.10. The van der Waals surface area contributed by atoms with Gasteiger partial charge in [0.15, 0.2) is 0 Å². The van der Waals surface area contributed by atoms with Gasteiger partial charge in [-0.2, -0.15) is 0 Å². The van der Waals surface area contributed by atoms with E-state index in [1.165, 1.54) is 5.56 Å². The molecule has 0 bridgehead atoms. The Kier molecular flexibility index (Phi) is 4.64. The van der Waals surface area contributed by atoms with E-state index in [1.807, 2.05) is 24.3 Å². The number of phenolic OH excluding ortho intramolecular Hbond substituents is 1. The summed E-state index contributed by atoms with van der Waals surface area (Å²) in [6.45, 7) is 13.0. The summed E-state index contributed by atoms with van der Waals surface area (Å²) in [5.41, 5.74) is 4.47. The van der Waals surface area contributed by atoms with E-state index in [-0.39, 0.29) is 10.8 Å². The molecular weight excluding hydrogens is 386 g/mol. The topological polar surface area (TPSA) is 33.1 Å². The lowest BCUT2D eigenvalue weighted by Gasteiger charge is -2.27. The van der Waals surface area contributed by atoms with Crippen molar-refractivity contribution in [3.63, 3.8) is 0 Å². The maximum absolute atomic E-state index is 11.1. The summed E-state index contributed by atoms with van der Waals surface area (Å²) in [5.74, 6) is 0.324. The van der Waals surface area contributed by atoms with Gasteiger partial charge in [-0.25, -0.2) is 4.98 Å². The third-order valence-electron chi connectivity index (χ3n) is 4.73. The van der Waals surface area contributed by atoms with Crippen molar-refractivity contribution in [3.8, 4) is 17.0 Å². The fourth-order valence-corrected chi connectivity index (χ4v) is 3.57. The molecule has 0 spiro atoms. The number of aromatic nitrogens is 1. The highest BCUT2D eigenvalue weighted by Gasteiger charge is 2.25. The highest BCUT2D eigenvalue weighted by atomic mass is 79.9. The molecule has 0 aliphatic rings. The van der Waals surface area contributed by atoms with E-state index in [0.717, 1.165) is 32.2 Å². The number of para-hydroxylation sites is 1. The Bertz CT molecular complexity index is 978. The van der Waals surface area contributed by atoms with Crippen molar-refractivity contribution in [3.05, 3.63) is 58.1 Å². The van der Waals surface area contributed by atoms with Gasteiger partial charge in [0.1, 0.15) is 5.75 Å². The lowest BCUT2D eigenvalue weighted by Crippen LogP contribution is -2.17. The number of benzene rings is 2. The molecule has 3 heteroatoms. The minimum absolute atomic E-state index is 0.0140. The summed E-state index contributed by atoms with van der Waals surface area (Å²) in [4.78, 5) is 4.85. The summed E-state index contributed by atoms with van der Waals surface area (Å²) in [6, 6.07) is 14.3. The second-order valence-electron chi connectivity index (χ2n) is 8.93. The summed E-state index contributed by atoms with van der Waals surface area (Å²) in [6.07, 6.45) is 0. The second kappa shape index (κ2) is 6.38. The number of phenols is 1. The van der Waals surface area contributed by atoms with Gasteiger partial charge in [-0.3, -0.25) is 0 Å². The van der Waals surface area contributed by atoms with Gasteiger partial charge in [0.25, 0.3) is 0 Å². The zero-order valence-corrected chi connectivity index (χ0v) is 17.9. The van der Waals surface area contributed by atoms with Crippen LogP contribution < -0.4 is 0 Å². The fraction of sp³-hybridized carbons (Fsp3) is 0.348. The van der Waals surface area contributed by atoms with Crippen molar-refractivity contribution in [2.75, 3.05) is 0 Å². The standard InChI is InChI=1S/C23H26BrNO/c1-22(2,3)15-12-16(21(26)17(13-15)23(4,5)6)19-11-10-14-8-7-9-18(24)20(14)25-19/h7-13,26H,1-6H3. The van der Waals surface area contributed by atoms with Crippen LogP contribution in [0.1, 0.15) is 52.7 Å². The van der Waals surface area contributed by atoms with Crippen LogP contribution >= 0.6 is 15.9 Å². The van der Waals surface area contributed by atoms with Crippen molar-refractivity contribution in [2.24, 2.45) is 0 Å². The number of pyridine rings is 1. The van der Waals surface area contributed by atoms with Gasteiger partial charge in [-0.1, -0.05) is 65.8 Å². The lowest BCUT2D eigenvalue weighted by molar-refractivity contribution is 0.446. The molecule has 26 heavy (non-hydrogen) atoms. The van der Waals surface area contributed by atoms with Crippen LogP contribution in [-0.4, -0.2) is 10.1 Å². The Hall–Kier alpha value is -1.87. The molecule has 0 aliphatic carbocycles. The Morgan fingerprint density at radius 2 is 1.58 bits per heavy atom. The Morgan fingerprint density at radius 3 is 2.19 bits per heavy atom. The predicted molar refractivity (Wildman–Crippen MR) is 114 cm³/mol. The summed E-state index contributed by atoms with van der Waals surface area (Å²) in [7, 11) is 0. The van der Waals surface area contributed by atoms with Gasteiger partial charge in [0.2, 0.25) is 0 Å². The first-order valence-electron chi connectivity index (χ1n) is 8.92. The normalized spacial score (nSPS) is 12.6. The maximum Gasteiger partial charge on any atom is 0.128 e. The summed E-state index contributed by atoms with van der Waals surface area (Å²) in [5, 5.41) is 12.1. The number of fused-ring (bicyclic) bond motifs is 1. The Balaban J connectivity index is 2.32. The van der Waals surface area contributed by atoms with Crippen LogP contribution in [0, 0.1) is 0 Å². The van der Waals surface area contributed by atoms with Gasteiger partial charge in [-0.05, 0) is 50.5 Å². The number of nitrogens with zero attached hydrogens (tertiary/aromatic N) is 1. The maximum atomic E-state index is 11.1. The number of hydrogen-bond donors (Lipinski definition) is 1. The monoisotopic (exact) mass is 411 g/mol. The molecule has 0 amide bonds. The highest BCUT2D eigenvalue weighted by Crippen LogP contribution is 2.42. The number of aromatic hydroxyl groups is 1. The first-order chi connectivity index (χ1) is 12.0. The molecule has 3 aromatic rings. The van der Waals surface area contributed by atoms with E-state index in [1.54, 1.807) is 0 Å². The van der Waals surface area contributed by atoms with E-state index in [2.05, 4.69) is 75.7 Å². The molecule has 0 unspecified atom stereocenters. The number of hydrogen-bond acceptors (Lipinski definition) is 2. The van der Waals surface area contributed by atoms with E-state index in [9.17, 15) is 5.11 Å². The van der Waals surface area contributed by atoms with Crippen molar-refractivity contribution in [2.45, 2.75) is 52.4 Å². The molecule has 0 fully saturated rings. The smallest absolute Gasteiger partial charge is 0.128 e. The van der Waals surface area contributed by atoms with Gasteiger partial charge in [-0.15, -0.1) is 0 Å². The molecule has 136 valence electrons. The minimum Gasteiger partial charge on any atom is -0.507 e. The van der Waals surface area contributed by atoms with E-state index < -0.39 is 0 Å². The molecule has 1 aromatic heterocycles. The minimum atomic E-state index is -0.155. The van der Waals surface area contributed by atoms with Crippen molar-refractivity contribution >= 4 is 26.8 Å². The zero-order chi connectivity index (χ0) is 19.3. The van der Waals surface area contributed by atoms with Crippen LogP contribution in [0.3, 0.4) is 0 Å². The van der Waals surface area contributed by atoms with Crippen LogP contribution in [0.4, 0.5) is 0 Å². The molecule has 0 saturated heterocycles. The molecule has 2 nitrogen and oxygen atoms in total. The predicted octanol–water partition coefficient (Wildman–Crippen LogP) is 6.96. The largest absolute Gasteiger partial charge is 0.507 e. The molecule has 3 rings (SSSR count). The molecule has 1 heterocycles. The van der Waals surface area contributed by atoms with E-state index in [4.69, 9.17) is 4.98 Å². The molecule has 0 radical (unpaired) electrons. The Morgan fingerprint density at radius 1 is 0.885 bits per heavy atom. The molecule has 2 aromatic carbocycles. The van der Waals surface area contributed by atoms with Crippen LogP contribution in [0.5, 0.6) is 5.75 Å². The molecule has 1 N–H and O–H groups in total. The van der Waals surface area contributed by atoms with Crippen LogP contribution in [0.2, 0.25) is 0 Å². The van der Waals surface area contributed by atoms with Crippen LogP contribution in [-0.2, 0) is 10.8 Å². The second-order valence-corrected chi connectivity index (χ2v) is 9.78. The van der Waals surface area contributed by atoms with Gasteiger partial charge < -0.3 is 5.11 Å². The zero-order valence-electron chi connectivity index (χ0n) is 16.3. The lowest BCUT2D eigenvalue weighted by atomic mass is 9.78. The average Bonchev–Trinajstić information content (AvgIpc) is 2.53. The molecule has 0 atom stereocenters. The third-order valence-corrected chi connectivity index (χ3v) is 5.37. The first-order valence-corrected chi connectivity index (χ1v) is 9.71. The van der Waals surface area contributed by atoms with E-state index >= 15 is 0 Å². The summed E-state index contributed by atoms with van der Waals surface area (Å²) < 4.78 is 0.958. The first kappa shape index (κ1) is 18.9. The molecular formula is C23H26BrNO. The van der Waals surface area contributed by atoms with Crippen LogP contribution in [0.25, 0.3) is 22.2 Å². The summed E-state index contributed by atoms with van der Waals surface area (Å²) >= 11 is 3.59. The van der Waals surface area contributed by atoms with Gasteiger partial charge >= 0.3 is 0 Å². The number of rotatable bonds is 1. The van der Waals surface area contributed by atoms with Gasteiger partial charge in [0, 0.05) is 21.0 Å². The van der Waals surface area contributed by atoms with Crippen molar-refractivity contribution < 1.29 is 5.11 Å². The van der Waals surface area contributed by atoms with E-state index in [0.29, 0.717) is 5.75 Å². The fourth-order valence-electron chi connectivity index (χ4n) is 3.10. The van der Waals surface area contributed by atoms with Crippen molar-refractivity contribution in [1.82, 2.24) is 4.98 Å². The quantitative estimate of drug-likeness (QED) is 0.468. The molecule has 0 saturated carbocycles.